The highest BCUT2D eigenvalue weighted by atomic mass is 32.2. The summed E-state index contributed by atoms with van der Waals surface area (Å²) in [6, 6.07) is 8.03. The molecule has 0 spiro atoms. The predicted octanol–water partition coefficient (Wildman–Crippen LogP) is 2.98. The molecule has 0 amide bonds. The normalized spacial score (nSPS) is 10.9. The van der Waals surface area contributed by atoms with Gasteiger partial charge in [0.1, 0.15) is 0 Å². The summed E-state index contributed by atoms with van der Waals surface area (Å²) in [5.74, 6) is 0. The molecule has 0 aliphatic rings. The lowest BCUT2D eigenvalue weighted by atomic mass is 10.2. The monoisotopic (exact) mass is 251 g/mol. The van der Waals surface area contributed by atoms with Crippen molar-refractivity contribution >= 4 is 34.4 Å². The van der Waals surface area contributed by atoms with Gasteiger partial charge >= 0.3 is 0 Å². The van der Waals surface area contributed by atoms with Gasteiger partial charge in [-0.05, 0) is 18.6 Å². The lowest BCUT2D eigenvalue weighted by molar-refractivity contribution is 0.860. The zero-order valence-corrected chi connectivity index (χ0v) is 11.1. The SMILES string of the molecule is CSc1c(SC)c2ccccc2n(C)c1=O. The van der Waals surface area contributed by atoms with Crippen LogP contribution in [-0.2, 0) is 7.05 Å². The third-order valence-corrected chi connectivity index (χ3v) is 4.37. The first-order valence-electron chi connectivity index (χ1n) is 4.90. The highest BCUT2D eigenvalue weighted by Crippen LogP contribution is 2.31. The topological polar surface area (TPSA) is 22.0 Å². The maximum absolute atomic E-state index is 12.1. The Balaban J connectivity index is 3.01. The quantitative estimate of drug-likeness (QED) is 0.766. The fraction of sp³-hybridized carbons (Fsp3) is 0.250. The van der Waals surface area contributed by atoms with Crippen molar-refractivity contribution in [3.63, 3.8) is 0 Å². The molecule has 0 saturated carbocycles. The van der Waals surface area contributed by atoms with Crippen LogP contribution in [0.3, 0.4) is 0 Å². The van der Waals surface area contributed by atoms with E-state index in [4.69, 9.17) is 0 Å². The predicted molar refractivity (Wildman–Crippen MR) is 72.8 cm³/mol. The van der Waals surface area contributed by atoms with Crippen LogP contribution in [0.15, 0.2) is 38.9 Å². The van der Waals surface area contributed by atoms with Crippen LogP contribution in [0.25, 0.3) is 10.9 Å². The Labute approximate surface area is 103 Å². The molecule has 0 atom stereocenters. The molecule has 4 heteroatoms. The molecule has 0 unspecified atom stereocenters. The molecule has 1 aromatic heterocycles. The van der Waals surface area contributed by atoms with Gasteiger partial charge in [-0.1, -0.05) is 18.2 Å². The van der Waals surface area contributed by atoms with E-state index in [0.717, 1.165) is 20.7 Å². The van der Waals surface area contributed by atoms with Gasteiger partial charge in [0, 0.05) is 17.3 Å². The van der Waals surface area contributed by atoms with Crippen LogP contribution >= 0.6 is 23.5 Å². The lowest BCUT2D eigenvalue weighted by Gasteiger charge is -2.12. The van der Waals surface area contributed by atoms with Crippen LogP contribution in [0, 0.1) is 0 Å². The maximum Gasteiger partial charge on any atom is 0.265 e. The van der Waals surface area contributed by atoms with E-state index in [2.05, 4.69) is 6.07 Å². The lowest BCUT2D eigenvalue weighted by Crippen LogP contribution is -2.19. The fourth-order valence-corrected chi connectivity index (χ4v) is 3.59. The number of thioether (sulfide) groups is 2. The highest BCUT2D eigenvalue weighted by Gasteiger charge is 2.12. The Kier molecular flexibility index (Phi) is 3.30. The van der Waals surface area contributed by atoms with E-state index in [1.165, 1.54) is 11.8 Å². The number of fused-ring (bicyclic) bond motifs is 1. The number of hydrogen-bond donors (Lipinski definition) is 0. The first-order valence-corrected chi connectivity index (χ1v) is 7.35. The van der Waals surface area contributed by atoms with Crippen molar-refractivity contribution in [2.75, 3.05) is 12.5 Å². The van der Waals surface area contributed by atoms with Crippen molar-refractivity contribution in [2.24, 2.45) is 7.05 Å². The maximum atomic E-state index is 12.1. The van der Waals surface area contributed by atoms with E-state index < -0.39 is 0 Å². The summed E-state index contributed by atoms with van der Waals surface area (Å²) in [6.07, 6.45) is 3.96. The molecule has 84 valence electrons. The molecule has 0 N–H and O–H groups in total. The van der Waals surface area contributed by atoms with Crippen LogP contribution in [0.1, 0.15) is 0 Å². The third-order valence-electron chi connectivity index (χ3n) is 2.62. The zero-order valence-electron chi connectivity index (χ0n) is 9.48. The standard InChI is InChI=1S/C12H13NOS2/c1-13-9-7-5-4-6-8(9)10(15-2)11(16-3)12(13)14/h4-7H,1-3H3. The third kappa shape index (κ3) is 1.66. The van der Waals surface area contributed by atoms with Gasteiger partial charge in [-0.2, -0.15) is 0 Å². The first kappa shape index (κ1) is 11.6. The van der Waals surface area contributed by atoms with E-state index >= 15 is 0 Å². The van der Waals surface area contributed by atoms with Crippen molar-refractivity contribution in [3.8, 4) is 0 Å². The van der Waals surface area contributed by atoms with Crippen LogP contribution < -0.4 is 5.56 Å². The second-order valence-corrected chi connectivity index (χ2v) is 5.08. The van der Waals surface area contributed by atoms with E-state index in [1.807, 2.05) is 37.8 Å². The van der Waals surface area contributed by atoms with Crippen LogP contribution in [0.2, 0.25) is 0 Å². The average Bonchev–Trinajstić information content (AvgIpc) is 2.33. The zero-order chi connectivity index (χ0) is 11.7. The van der Waals surface area contributed by atoms with E-state index in [9.17, 15) is 4.79 Å². The molecule has 2 nitrogen and oxygen atoms in total. The molecular weight excluding hydrogens is 238 g/mol. The summed E-state index contributed by atoms with van der Waals surface area (Å²) in [5, 5.41) is 1.15. The molecule has 0 saturated heterocycles. The van der Waals surface area contributed by atoms with E-state index in [1.54, 1.807) is 16.3 Å². The molecular formula is C12H13NOS2. The van der Waals surface area contributed by atoms with Gasteiger partial charge in [0.15, 0.2) is 0 Å². The van der Waals surface area contributed by atoms with E-state index in [0.29, 0.717) is 0 Å². The highest BCUT2D eigenvalue weighted by molar-refractivity contribution is 8.01. The van der Waals surface area contributed by atoms with Crippen molar-refractivity contribution in [1.29, 1.82) is 0 Å². The Morgan fingerprint density at radius 3 is 2.31 bits per heavy atom. The minimum Gasteiger partial charge on any atom is -0.310 e. The van der Waals surface area contributed by atoms with Gasteiger partial charge in [-0.3, -0.25) is 4.79 Å². The number of hydrogen-bond acceptors (Lipinski definition) is 3. The van der Waals surface area contributed by atoms with Gasteiger partial charge < -0.3 is 4.57 Å². The number of aromatic nitrogens is 1. The fourth-order valence-electron chi connectivity index (χ4n) is 1.82. The van der Waals surface area contributed by atoms with E-state index in [-0.39, 0.29) is 5.56 Å². The molecule has 1 aromatic carbocycles. The molecule has 0 bridgehead atoms. The summed E-state index contributed by atoms with van der Waals surface area (Å²) in [5.41, 5.74) is 1.09. The largest absolute Gasteiger partial charge is 0.310 e. The number of nitrogens with zero attached hydrogens (tertiary/aromatic N) is 1. The minimum absolute atomic E-state index is 0.0931. The molecule has 1 heterocycles. The second-order valence-electron chi connectivity index (χ2n) is 3.45. The summed E-state index contributed by atoms with van der Waals surface area (Å²) in [6.45, 7) is 0. The Bertz CT molecular complexity index is 589. The molecule has 2 rings (SSSR count). The molecule has 0 radical (unpaired) electrons. The second kappa shape index (κ2) is 4.55. The number of benzene rings is 1. The van der Waals surface area contributed by atoms with Gasteiger partial charge in [0.05, 0.1) is 10.4 Å². The van der Waals surface area contributed by atoms with Gasteiger partial charge in [0.2, 0.25) is 0 Å². The van der Waals surface area contributed by atoms with Crippen molar-refractivity contribution < 1.29 is 0 Å². The molecule has 0 fully saturated rings. The van der Waals surface area contributed by atoms with Gasteiger partial charge in [-0.25, -0.2) is 0 Å². The van der Waals surface area contributed by atoms with Crippen molar-refractivity contribution in [3.05, 3.63) is 34.6 Å². The number of para-hydroxylation sites is 1. The van der Waals surface area contributed by atoms with Gasteiger partial charge in [0.25, 0.3) is 5.56 Å². The molecule has 2 aromatic rings. The number of rotatable bonds is 2. The Hall–Kier alpha value is -0.870. The Morgan fingerprint density at radius 1 is 1.06 bits per heavy atom. The summed E-state index contributed by atoms with van der Waals surface area (Å²) < 4.78 is 1.72. The first-order chi connectivity index (χ1) is 7.70. The van der Waals surface area contributed by atoms with Gasteiger partial charge in [-0.15, -0.1) is 23.5 Å². The number of pyridine rings is 1. The summed E-state index contributed by atoms with van der Waals surface area (Å²) in [7, 11) is 1.83. The molecule has 16 heavy (non-hydrogen) atoms. The Morgan fingerprint density at radius 2 is 1.69 bits per heavy atom. The van der Waals surface area contributed by atoms with Crippen LogP contribution in [0.4, 0.5) is 0 Å². The smallest absolute Gasteiger partial charge is 0.265 e. The van der Waals surface area contributed by atoms with Crippen LogP contribution in [0.5, 0.6) is 0 Å². The summed E-state index contributed by atoms with van der Waals surface area (Å²) in [4.78, 5) is 14.1. The molecule has 0 aliphatic carbocycles. The molecule has 0 aliphatic heterocycles. The minimum atomic E-state index is 0.0931. The van der Waals surface area contributed by atoms with Crippen LogP contribution in [-0.4, -0.2) is 17.1 Å². The number of aryl methyl sites for hydroxylation is 1. The summed E-state index contributed by atoms with van der Waals surface area (Å²) >= 11 is 3.16. The average molecular weight is 251 g/mol. The van der Waals surface area contributed by atoms with Crippen molar-refractivity contribution in [2.45, 2.75) is 9.79 Å². The van der Waals surface area contributed by atoms with Crippen molar-refractivity contribution in [1.82, 2.24) is 4.57 Å².